The van der Waals surface area contributed by atoms with Crippen molar-refractivity contribution in [1.29, 1.82) is 0 Å². The molecule has 1 aliphatic heterocycles. The second-order valence-electron chi connectivity index (χ2n) is 3.45. The lowest BCUT2D eigenvalue weighted by Crippen LogP contribution is -2.32. The second-order valence-corrected chi connectivity index (χ2v) is 4.46. The van der Waals surface area contributed by atoms with Gasteiger partial charge in [-0.3, -0.25) is 0 Å². The van der Waals surface area contributed by atoms with E-state index in [1.54, 1.807) is 4.90 Å². The molecule has 0 aromatic carbocycles. The maximum absolute atomic E-state index is 10.6. The Morgan fingerprint density at radius 3 is 2.87 bits per heavy atom. The number of aliphatic hydroxyl groups excluding tert-OH is 1. The van der Waals surface area contributed by atoms with Crippen LogP contribution < -0.4 is 10.6 Å². The van der Waals surface area contributed by atoms with E-state index in [0.717, 1.165) is 11.3 Å². The lowest BCUT2D eigenvalue weighted by molar-refractivity contribution is 0.0702. The molecule has 0 bridgehead atoms. The molecular formula is C8H11N3O3S. The molecule has 1 aromatic heterocycles. The van der Waals surface area contributed by atoms with Crippen molar-refractivity contribution in [2.75, 3.05) is 18.0 Å². The van der Waals surface area contributed by atoms with Crippen molar-refractivity contribution in [3.63, 3.8) is 0 Å². The molecule has 2 heterocycles. The van der Waals surface area contributed by atoms with Crippen molar-refractivity contribution in [1.82, 2.24) is 4.98 Å². The molecule has 15 heavy (non-hydrogen) atoms. The molecule has 1 fully saturated rings. The molecule has 6 nitrogen and oxygen atoms in total. The third kappa shape index (κ3) is 1.94. The Bertz CT molecular complexity index is 371. The highest BCUT2D eigenvalue weighted by Gasteiger charge is 2.30. The molecule has 1 aliphatic rings. The smallest absolute Gasteiger partial charge is 0.347 e. The van der Waals surface area contributed by atoms with Gasteiger partial charge in [-0.1, -0.05) is 11.3 Å². The van der Waals surface area contributed by atoms with Crippen LogP contribution in [0.4, 0.5) is 5.13 Å². The fraction of sp³-hybridized carbons (Fsp3) is 0.500. The summed E-state index contributed by atoms with van der Waals surface area (Å²) in [4.78, 5) is 16.6. The predicted octanol–water partition coefficient (Wildman–Crippen LogP) is -0.651. The zero-order valence-corrected chi connectivity index (χ0v) is 8.65. The van der Waals surface area contributed by atoms with Crippen LogP contribution in [-0.2, 0) is 0 Å². The molecule has 0 spiro atoms. The number of carboxylic acids is 1. The van der Waals surface area contributed by atoms with Crippen molar-refractivity contribution in [2.45, 2.75) is 12.1 Å². The summed E-state index contributed by atoms with van der Waals surface area (Å²) in [6.45, 7) is 0.918. The Morgan fingerprint density at radius 1 is 1.67 bits per heavy atom. The summed E-state index contributed by atoms with van der Waals surface area (Å²) in [6, 6.07) is -0.290. The molecule has 2 rings (SSSR count). The van der Waals surface area contributed by atoms with Gasteiger partial charge < -0.3 is 20.8 Å². The van der Waals surface area contributed by atoms with E-state index in [4.69, 9.17) is 10.8 Å². The first-order valence-electron chi connectivity index (χ1n) is 4.45. The molecular weight excluding hydrogens is 218 g/mol. The molecule has 0 saturated carbocycles. The Balaban J connectivity index is 2.14. The molecule has 82 valence electrons. The standard InChI is InChI=1S/C8H11N3O3S/c9-4-2-11(3-5(4)12)8-10-1-6(15-8)7(13)14/h1,4-5,12H,2-3,9H2,(H,13,14). The monoisotopic (exact) mass is 229 g/mol. The van der Waals surface area contributed by atoms with E-state index in [2.05, 4.69) is 4.98 Å². The van der Waals surface area contributed by atoms with Crippen molar-refractivity contribution in [3.8, 4) is 0 Å². The lowest BCUT2D eigenvalue weighted by Gasteiger charge is -2.12. The Kier molecular flexibility index (Phi) is 2.59. The van der Waals surface area contributed by atoms with Gasteiger partial charge in [0.15, 0.2) is 5.13 Å². The first-order chi connectivity index (χ1) is 7.08. The fourth-order valence-electron chi connectivity index (χ4n) is 1.48. The van der Waals surface area contributed by atoms with Gasteiger partial charge in [-0.15, -0.1) is 0 Å². The largest absolute Gasteiger partial charge is 0.477 e. The van der Waals surface area contributed by atoms with Crippen molar-refractivity contribution >= 4 is 22.4 Å². The maximum atomic E-state index is 10.6. The summed E-state index contributed by atoms with van der Waals surface area (Å²) < 4.78 is 0. The second kappa shape index (κ2) is 3.76. The zero-order valence-electron chi connectivity index (χ0n) is 7.83. The number of aromatic carboxylic acids is 1. The number of nitrogens with two attached hydrogens (primary N) is 1. The van der Waals surface area contributed by atoms with Gasteiger partial charge in [0, 0.05) is 19.1 Å². The zero-order chi connectivity index (χ0) is 11.0. The molecule has 4 N–H and O–H groups in total. The number of hydrogen-bond donors (Lipinski definition) is 3. The van der Waals surface area contributed by atoms with Gasteiger partial charge >= 0.3 is 5.97 Å². The minimum absolute atomic E-state index is 0.194. The van der Waals surface area contributed by atoms with E-state index >= 15 is 0 Å². The molecule has 0 aliphatic carbocycles. The average molecular weight is 229 g/mol. The summed E-state index contributed by atoms with van der Waals surface area (Å²) in [5, 5.41) is 18.8. The van der Waals surface area contributed by atoms with Crippen molar-refractivity contribution in [3.05, 3.63) is 11.1 Å². The minimum Gasteiger partial charge on any atom is -0.477 e. The summed E-state index contributed by atoms with van der Waals surface area (Å²) in [5.41, 5.74) is 5.64. The normalized spacial score (nSPS) is 25.9. The van der Waals surface area contributed by atoms with Crippen LogP contribution in [0.3, 0.4) is 0 Å². The first kappa shape index (κ1) is 10.3. The third-order valence-electron chi connectivity index (χ3n) is 2.31. The molecule has 0 radical (unpaired) electrons. The summed E-state index contributed by atoms with van der Waals surface area (Å²) in [7, 11) is 0. The van der Waals surface area contributed by atoms with Crippen molar-refractivity contribution in [2.24, 2.45) is 5.73 Å². The number of nitrogens with zero attached hydrogens (tertiary/aromatic N) is 2. The highest BCUT2D eigenvalue weighted by molar-refractivity contribution is 7.17. The molecule has 1 aromatic rings. The Labute approximate surface area is 90.0 Å². The van der Waals surface area contributed by atoms with Crippen LogP contribution in [0.5, 0.6) is 0 Å². The topological polar surface area (TPSA) is 99.7 Å². The van der Waals surface area contributed by atoms with E-state index in [-0.39, 0.29) is 10.9 Å². The van der Waals surface area contributed by atoms with Crippen LogP contribution in [0.2, 0.25) is 0 Å². The van der Waals surface area contributed by atoms with Gasteiger partial charge in [-0.25, -0.2) is 9.78 Å². The third-order valence-corrected chi connectivity index (χ3v) is 3.35. The van der Waals surface area contributed by atoms with E-state index in [1.165, 1.54) is 6.20 Å². The summed E-state index contributed by atoms with van der Waals surface area (Å²) in [6.07, 6.45) is 0.751. The number of thiazole rings is 1. The van der Waals surface area contributed by atoms with Gasteiger partial charge in [0.05, 0.1) is 12.3 Å². The summed E-state index contributed by atoms with van der Waals surface area (Å²) >= 11 is 1.09. The highest BCUT2D eigenvalue weighted by atomic mass is 32.1. The van der Waals surface area contributed by atoms with Crippen LogP contribution in [0.25, 0.3) is 0 Å². The quantitative estimate of drug-likeness (QED) is 0.623. The van der Waals surface area contributed by atoms with Crippen molar-refractivity contribution < 1.29 is 15.0 Å². The fourth-order valence-corrected chi connectivity index (χ4v) is 2.25. The van der Waals surface area contributed by atoms with Gasteiger partial charge in [-0.05, 0) is 0 Å². The highest BCUT2D eigenvalue weighted by Crippen LogP contribution is 2.25. The molecule has 1 saturated heterocycles. The number of aliphatic hydroxyl groups is 1. The Hall–Kier alpha value is -1.18. The number of anilines is 1. The van der Waals surface area contributed by atoms with Gasteiger partial charge in [0.2, 0.25) is 0 Å². The molecule has 0 amide bonds. The SMILES string of the molecule is NC1CN(c2ncc(C(=O)O)s2)CC1O. The number of hydrogen-bond acceptors (Lipinski definition) is 6. The predicted molar refractivity (Wildman–Crippen MR) is 55.3 cm³/mol. The lowest BCUT2D eigenvalue weighted by atomic mass is 10.2. The van der Waals surface area contributed by atoms with Crippen LogP contribution in [0.15, 0.2) is 6.20 Å². The number of rotatable bonds is 2. The number of carbonyl (C=O) groups is 1. The summed E-state index contributed by atoms with van der Waals surface area (Å²) in [5.74, 6) is -0.984. The first-order valence-corrected chi connectivity index (χ1v) is 5.27. The van der Waals surface area contributed by atoms with Gasteiger partial charge in [0.1, 0.15) is 4.88 Å². The minimum atomic E-state index is -0.984. The molecule has 2 atom stereocenters. The van der Waals surface area contributed by atoms with Crippen LogP contribution in [0, 0.1) is 0 Å². The number of carboxylic acid groups (broad SMARTS) is 1. The van der Waals surface area contributed by atoms with Crippen LogP contribution in [0.1, 0.15) is 9.67 Å². The van der Waals surface area contributed by atoms with Gasteiger partial charge in [0.25, 0.3) is 0 Å². The molecule has 2 unspecified atom stereocenters. The maximum Gasteiger partial charge on any atom is 0.347 e. The van der Waals surface area contributed by atoms with E-state index < -0.39 is 12.1 Å². The van der Waals surface area contributed by atoms with E-state index in [0.29, 0.717) is 18.2 Å². The molecule has 7 heteroatoms. The number of β-amino-alcohol motifs (C(OH)–C–C–N with tert-alkyl or cyclic N) is 1. The number of aromatic nitrogens is 1. The van der Waals surface area contributed by atoms with Gasteiger partial charge in [-0.2, -0.15) is 0 Å². The van der Waals surface area contributed by atoms with Crippen LogP contribution >= 0.6 is 11.3 Å². The van der Waals surface area contributed by atoms with E-state index in [9.17, 15) is 9.90 Å². The average Bonchev–Trinajstić information content (AvgIpc) is 2.74. The van der Waals surface area contributed by atoms with Crippen LogP contribution in [-0.4, -0.2) is 46.4 Å². The van der Waals surface area contributed by atoms with E-state index in [1.807, 2.05) is 0 Å². The Morgan fingerprint density at radius 2 is 2.40 bits per heavy atom.